The summed E-state index contributed by atoms with van der Waals surface area (Å²) in [5, 5.41) is 1.11. The third kappa shape index (κ3) is 6.47. The molecule has 1 amide bonds. The zero-order valence-corrected chi connectivity index (χ0v) is 23.4. The van der Waals surface area contributed by atoms with Gasteiger partial charge < -0.3 is 14.5 Å². The van der Waals surface area contributed by atoms with Gasteiger partial charge in [0.1, 0.15) is 11.6 Å². The Morgan fingerprint density at radius 1 is 0.900 bits per heavy atom. The molecule has 7 nitrogen and oxygen atoms in total. The zero-order chi connectivity index (χ0) is 27.9. The van der Waals surface area contributed by atoms with Crippen LogP contribution in [0.5, 0.6) is 5.75 Å². The lowest BCUT2D eigenvalue weighted by atomic mass is 10.1. The summed E-state index contributed by atoms with van der Waals surface area (Å²) in [5.41, 5.74) is 2.21. The second-order valence-electron chi connectivity index (χ2n) is 9.75. The van der Waals surface area contributed by atoms with Gasteiger partial charge in [0.25, 0.3) is 5.56 Å². The number of rotatable bonds is 10. The highest BCUT2D eigenvalue weighted by Gasteiger charge is 2.21. The number of ether oxygens (including phenoxy) is 1. The molecule has 0 saturated carbocycles. The Bertz CT molecular complexity index is 1500. The fraction of sp³-hybridized carbons (Fsp3) is 0.323. The number of hydrogen-bond acceptors (Lipinski definition) is 6. The van der Waals surface area contributed by atoms with Crippen LogP contribution in [0.3, 0.4) is 0 Å². The molecule has 1 aliphatic rings. The van der Waals surface area contributed by atoms with Crippen molar-refractivity contribution in [2.75, 3.05) is 43.9 Å². The van der Waals surface area contributed by atoms with Gasteiger partial charge in [0.2, 0.25) is 5.91 Å². The van der Waals surface area contributed by atoms with Crippen LogP contribution in [0.25, 0.3) is 16.6 Å². The molecule has 0 spiro atoms. The average Bonchev–Trinajstić information content (AvgIpc) is 3.00. The first-order valence-corrected chi connectivity index (χ1v) is 14.6. The Hall–Kier alpha value is -3.85. The number of halogens is 1. The molecule has 0 atom stereocenters. The largest absolute Gasteiger partial charge is 0.497 e. The molecule has 208 valence electrons. The van der Waals surface area contributed by atoms with Gasteiger partial charge in [0.05, 0.1) is 23.7 Å². The van der Waals surface area contributed by atoms with E-state index >= 15 is 0 Å². The normalized spacial score (nSPS) is 13.6. The molecule has 9 heteroatoms. The van der Waals surface area contributed by atoms with Gasteiger partial charge in [-0.2, -0.15) is 0 Å². The molecule has 1 fully saturated rings. The first-order valence-electron chi connectivity index (χ1n) is 13.6. The van der Waals surface area contributed by atoms with Crippen LogP contribution in [0.1, 0.15) is 25.7 Å². The van der Waals surface area contributed by atoms with E-state index in [1.165, 1.54) is 23.9 Å². The number of piperazine rings is 1. The Morgan fingerprint density at radius 2 is 1.60 bits per heavy atom. The minimum Gasteiger partial charge on any atom is -0.497 e. The summed E-state index contributed by atoms with van der Waals surface area (Å²) in [4.78, 5) is 35.1. The smallest absolute Gasteiger partial charge is 0.266 e. The van der Waals surface area contributed by atoms with Crippen molar-refractivity contribution in [2.24, 2.45) is 0 Å². The van der Waals surface area contributed by atoms with E-state index in [4.69, 9.17) is 9.72 Å². The maximum atomic E-state index is 13.5. The molecule has 0 unspecified atom stereocenters. The highest BCUT2D eigenvalue weighted by atomic mass is 32.2. The minimum atomic E-state index is -0.353. The molecule has 5 rings (SSSR count). The molecule has 2 heterocycles. The van der Waals surface area contributed by atoms with Gasteiger partial charge in [-0.15, -0.1) is 0 Å². The van der Waals surface area contributed by atoms with Gasteiger partial charge in [-0.25, -0.2) is 9.37 Å². The number of thioether (sulfide) groups is 1. The maximum absolute atomic E-state index is 13.5. The molecule has 3 aromatic carbocycles. The summed E-state index contributed by atoms with van der Waals surface area (Å²) >= 11 is 1.51. The summed E-state index contributed by atoms with van der Waals surface area (Å²) in [6.07, 6.45) is 3.18. The van der Waals surface area contributed by atoms with Gasteiger partial charge >= 0.3 is 0 Å². The molecule has 0 radical (unpaired) electrons. The van der Waals surface area contributed by atoms with Crippen LogP contribution in [0.2, 0.25) is 0 Å². The number of methoxy groups -OCH3 is 1. The van der Waals surface area contributed by atoms with Crippen LogP contribution in [0.4, 0.5) is 10.1 Å². The fourth-order valence-corrected chi connectivity index (χ4v) is 5.92. The molecule has 40 heavy (non-hydrogen) atoms. The molecule has 0 N–H and O–H groups in total. The number of aromatic nitrogens is 2. The van der Waals surface area contributed by atoms with Crippen LogP contribution in [0, 0.1) is 5.82 Å². The zero-order valence-electron chi connectivity index (χ0n) is 22.6. The van der Waals surface area contributed by atoms with E-state index in [9.17, 15) is 14.0 Å². The van der Waals surface area contributed by atoms with Crippen molar-refractivity contribution in [3.05, 3.63) is 89.0 Å². The predicted octanol–water partition coefficient (Wildman–Crippen LogP) is 5.53. The first-order chi connectivity index (χ1) is 19.5. The number of carbonyl (C=O) groups excluding carboxylic acids is 1. The van der Waals surface area contributed by atoms with Gasteiger partial charge in [-0.1, -0.05) is 30.3 Å². The summed E-state index contributed by atoms with van der Waals surface area (Å²) in [6, 6.07) is 21.2. The quantitative estimate of drug-likeness (QED) is 0.144. The topological polar surface area (TPSA) is 67.7 Å². The number of benzene rings is 3. The first kappa shape index (κ1) is 27.7. The monoisotopic (exact) mass is 560 g/mol. The highest BCUT2D eigenvalue weighted by Crippen LogP contribution is 2.24. The van der Waals surface area contributed by atoms with Crippen LogP contribution in [0.15, 0.2) is 82.7 Å². The lowest BCUT2D eigenvalue weighted by Crippen LogP contribution is -2.48. The number of anilines is 1. The molecule has 1 aromatic heterocycles. The Labute approximate surface area is 237 Å². The fourth-order valence-electron chi connectivity index (χ4n) is 4.91. The summed E-state index contributed by atoms with van der Waals surface area (Å²) < 4.78 is 20.3. The number of para-hydroxylation sites is 1. The highest BCUT2D eigenvalue weighted by molar-refractivity contribution is 7.99. The van der Waals surface area contributed by atoms with Crippen molar-refractivity contribution in [3.63, 3.8) is 0 Å². The summed E-state index contributed by atoms with van der Waals surface area (Å²) in [6.45, 7) is 3.11. The molecular formula is C31H33FN4O3S. The average molecular weight is 561 g/mol. The van der Waals surface area contributed by atoms with E-state index in [0.717, 1.165) is 62.6 Å². The van der Waals surface area contributed by atoms with E-state index in [1.54, 1.807) is 29.9 Å². The third-order valence-corrected chi connectivity index (χ3v) is 8.19. The second kappa shape index (κ2) is 13.0. The molecule has 1 aliphatic heterocycles. The second-order valence-corrected chi connectivity index (χ2v) is 10.8. The standard InChI is InChI=1S/C31H33FN4O3S/c1-39-26-16-14-24(15-17-26)34-18-20-35(21-19-34)29(37)9-3-2-6-22-40-31-33-28-8-5-4-7-27(28)30(38)36(31)25-12-10-23(32)11-13-25/h4-5,7-8,10-17H,2-3,6,9,18-22H2,1H3. The Balaban J connectivity index is 1.10. The van der Waals surface area contributed by atoms with E-state index in [1.807, 2.05) is 35.2 Å². The van der Waals surface area contributed by atoms with Crippen LogP contribution >= 0.6 is 11.8 Å². The molecule has 0 bridgehead atoms. The maximum Gasteiger partial charge on any atom is 0.266 e. The van der Waals surface area contributed by atoms with Gasteiger partial charge in [-0.05, 0) is 73.5 Å². The third-order valence-electron chi connectivity index (χ3n) is 7.17. The van der Waals surface area contributed by atoms with E-state index in [-0.39, 0.29) is 17.3 Å². The Kier molecular flexibility index (Phi) is 9.01. The number of nitrogens with zero attached hydrogens (tertiary/aromatic N) is 4. The predicted molar refractivity (Wildman–Crippen MR) is 158 cm³/mol. The number of fused-ring (bicyclic) bond motifs is 1. The van der Waals surface area contributed by atoms with Gasteiger partial charge in [0, 0.05) is 44.0 Å². The van der Waals surface area contributed by atoms with Crippen molar-refractivity contribution in [1.29, 1.82) is 0 Å². The molecule has 0 aliphatic carbocycles. The molecular weight excluding hydrogens is 527 g/mol. The van der Waals surface area contributed by atoms with E-state index < -0.39 is 0 Å². The van der Waals surface area contributed by atoms with E-state index in [2.05, 4.69) is 17.0 Å². The summed E-state index contributed by atoms with van der Waals surface area (Å²) in [7, 11) is 1.66. The summed E-state index contributed by atoms with van der Waals surface area (Å²) in [5.74, 6) is 1.46. The van der Waals surface area contributed by atoms with Crippen molar-refractivity contribution in [2.45, 2.75) is 30.8 Å². The Morgan fingerprint density at radius 3 is 2.33 bits per heavy atom. The number of amides is 1. The minimum absolute atomic E-state index is 0.169. The lowest BCUT2D eigenvalue weighted by molar-refractivity contribution is -0.131. The van der Waals surface area contributed by atoms with Crippen molar-refractivity contribution in [1.82, 2.24) is 14.5 Å². The van der Waals surface area contributed by atoms with Gasteiger partial charge in [0.15, 0.2) is 5.16 Å². The van der Waals surface area contributed by atoms with Crippen LogP contribution in [-0.4, -0.2) is 59.4 Å². The molecule has 4 aromatic rings. The number of hydrogen-bond donors (Lipinski definition) is 0. The van der Waals surface area contributed by atoms with Crippen molar-refractivity contribution in [3.8, 4) is 11.4 Å². The van der Waals surface area contributed by atoms with Gasteiger partial charge in [-0.3, -0.25) is 14.2 Å². The van der Waals surface area contributed by atoms with E-state index in [0.29, 0.717) is 28.2 Å². The lowest BCUT2D eigenvalue weighted by Gasteiger charge is -2.36. The number of carbonyl (C=O) groups is 1. The molecule has 1 saturated heterocycles. The van der Waals surface area contributed by atoms with Crippen molar-refractivity contribution >= 4 is 34.3 Å². The van der Waals surface area contributed by atoms with Crippen LogP contribution < -0.4 is 15.2 Å². The SMILES string of the molecule is COc1ccc(N2CCN(C(=O)CCCCCSc3nc4ccccc4c(=O)n3-c3ccc(F)cc3)CC2)cc1. The number of unbranched alkanes of at least 4 members (excludes halogenated alkanes) is 2. The van der Waals surface area contributed by atoms with Crippen molar-refractivity contribution < 1.29 is 13.9 Å². The van der Waals surface area contributed by atoms with Crippen LogP contribution in [-0.2, 0) is 4.79 Å².